The summed E-state index contributed by atoms with van der Waals surface area (Å²) in [6.45, 7) is 13.6. The van der Waals surface area contributed by atoms with Gasteiger partial charge in [0, 0.05) is 6.61 Å². The average Bonchev–Trinajstić information content (AvgIpc) is 3.35. The second-order valence-electron chi connectivity index (χ2n) is 16.6. The lowest BCUT2D eigenvalue weighted by Crippen LogP contribution is -2.51. The van der Waals surface area contributed by atoms with E-state index in [1.807, 2.05) is 0 Å². The topological polar surface area (TPSA) is 79.2 Å². The van der Waals surface area contributed by atoms with Crippen LogP contribution in [0.1, 0.15) is 131 Å². The van der Waals surface area contributed by atoms with Crippen LogP contribution in [0.2, 0.25) is 0 Å². The smallest absolute Gasteiger partial charge is 0.131 e. The fraction of sp³-hybridized carbons (Fsp3) is 0.947. The van der Waals surface area contributed by atoms with Crippen molar-refractivity contribution in [1.82, 2.24) is 0 Å². The Balaban J connectivity index is 1.02. The van der Waals surface area contributed by atoms with E-state index in [0.29, 0.717) is 16.9 Å². The molecule has 0 bridgehead atoms. The van der Waals surface area contributed by atoms with Crippen LogP contribution >= 0.6 is 11.8 Å². The van der Waals surface area contributed by atoms with Crippen LogP contribution in [0.15, 0.2) is 11.6 Å². The van der Waals surface area contributed by atoms with Crippen LogP contribution in [0.3, 0.4) is 0 Å². The van der Waals surface area contributed by atoms with E-state index in [4.69, 9.17) is 9.47 Å². The van der Waals surface area contributed by atoms with Crippen molar-refractivity contribution in [3.8, 4) is 0 Å². The molecule has 1 heterocycles. The predicted octanol–water partition coefficient (Wildman–Crippen LogP) is 8.15. The maximum Gasteiger partial charge on any atom is 0.131 e. The summed E-state index contributed by atoms with van der Waals surface area (Å²) in [6, 6.07) is 0. The van der Waals surface area contributed by atoms with Gasteiger partial charge < -0.3 is 24.8 Å². The number of allylic oxidation sites excluding steroid dienone is 1. The number of rotatable bonds is 14. The summed E-state index contributed by atoms with van der Waals surface area (Å²) in [5.74, 6) is 6.25. The Morgan fingerprint density at radius 3 is 2.50 bits per heavy atom. The molecule has 12 atom stereocenters. The minimum Gasteiger partial charge on any atom is -0.388 e. The molecule has 5 nitrogen and oxygen atoms in total. The summed E-state index contributed by atoms with van der Waals surface area (Å²) in [4.78, 5) is 0. The van der Waals surface area contributed by atoms with Crippen LogP contribution in [-0.2, 0) is 9.47 Å². The van der Waals surface area contributed by atoms with Crippen molar-refractivity contribution in [3.05, 3.63) is 11.6 Å². The van der Waals surface area contributed by atoms with Gasteiger partial charge in [-0.2, -0.15) is 0 Å². The van der Waals surface area contributed by atoms with Crippen LogP contribution in [0.5, 0.6) is 0 Å². The number of unbranched alkanes of at least 4 members (excludes halogenated alkanes) is 3. The lowest BCUT2D eigenvalue weighted by molar-refractivity contribution is -0.161. The lowest BCUT2D eigenvalue weighted by atomic mass is 9.47. The van der Waals surface area contributed by atoms with Crippen LogP contribution in [-0.4, -0.2) is 64.1 Å². The molecule has 44 heavy (non-hydrogen) atoms. The summed E-state index contributed by atoms with van der Waals surface area (Å²) in [7, 11) is 0. The first kappa shape index (κ1) is 35.2. The molecule has 6 heteroatoms. The Bertz CT molecular complexity index is 940. The predicted molar refractivity (Wildman–Crippen MR) is 181 cm³/mol. The zero-order chi connectivity index (χ0) is 31.5. The van der Waals surface area contributed by atoms with E-state index in [-0.39, 0.29) is 6.61 Å². The zero-order valence-corrected chi connectivity index (χ0v) is 29.5. The third-order valence-electron chi connectivity index (χ3n) is 13.4. The minimum absolute atomic E-state index is 0.0875. The molecule has 254 valence electrons. The van der Waals surface area contributed by atoms with Crippen molar-refractivity contribution in [3.63, 3.8) is 0 Å². The van der Waals surface area contributed by atoms with E-state index in [1.165, 1.54) is 64.2 Å². The van der Waals surface area contributed by atoms with Gasteiger partial charge >= 0.3 is 0 Å². The molecule has 0 aromatic carbocycles. The number of hydrogen-bond acceptors (Lipinski definition) is 6. The third kappa shape index (κ3) is 7.62. The highest BCUT2D eigenvalue weighted by molar-refractivity contribution is 7.99. The van der Waals surface area contributed by atoms with Crippen molar-refractivity contribution >= 4 is 11.8 Å². The number of hydrogen-bond donors (Lipinski definition) is 3. The molecule has 5 rings (SSSR count). The molecule has 4 aliphatic carbocycles. The number of thioether (sulfide) groups is 1. The van der Waals surface area contributed by atoms with Gasteiger partial charge in [-0.1, -0.05) is 78.4 Å². The van der Waals surface area contributed by atoms with Crippen LogP contribution in [0, 0.1) is 46.3 Å². The quantitative estimate of drug-likeness (QED) is 0.132. The molecule has 5 aliphatic rings. The normalized spacial score (nSPS) is 42.8. The van der Waals surface area contributed by atoms with Gasteiger partial charge in [0.25, 0.3) is 0 Å². The van der Waals surface area contributed by atoms with E-state index >= 15 is 0 Å². The molecule has 0 amide bonds. The van der Waals surface area contributed by atoms with Gasteiger partial charge in [-0.05, 0) is 116 Å². The van der Waals surface area contributed by atoms with Gasteiger partial charge in [-0.15, -0.1) is 11.8 Å². The van der Waals surface area contributed by atoms with Crippen molar-refractivity contribution in [2.75, 3.05) is 19.0 Å². The second kappa shape index (κ2) is 15.4. The standard InChI is InChI=1S/C38H66O5S/c1-25(2)11-10-12-26(3)30-15-16-31-29-14-13-27-23-28(17-19-37(27,4)32(29)18-20-38(30,31)5)42-21-8-6-7-9-22-44-36-35(41)34(40)33(39)24-43-36/h13,25-26,28-36,39-41H,6-12,14-24H2,1-5H3/t26-,28+,29?,30-,31?,32?,33-,34+,35-,36+,37+,38-/m1/s1. The van der Waals surface area contributed by atoms with Crippen molar-refractivity contribution in [2.45, 2.75) is 161 Å². The first-order valence-corrected chi connectivity index (χ1v) is 19.7. The number of fused-ring (bicyclic) bond motifs is 5. The minimum atomic E-state index is -1.11. The van der Waals surface area contributed by atoms with Gasteiger partial charge in [0.2, 0.25) is 0 Å². The Morgan fingerprint density at radius 1 is 0.909 bits per heavy atom. The highest BCUT2D eigenvalue weighted by Gasteiger charge is 2.59. The molecular formula is C38H66O5S. The number of aliphatic hydroxyl groups is 3. The molecule has 0 aromatic rings. The molecule has 1 saturated heterocycles. The summed E-state index contributed by atoms with van der Waals surface area (Å²) in [5, 5.41) is 29.5. The van der Waals surface area contributed by atoms with E-state index in [0.717, 1.165) is 80.0 Å². The van der Waals surface area contributed by atoms with Crippen molar-refractivity contribution < 1.29 is 24.8 Å². The Labute approximate surface area is 273 Å². The maximum atomic E-state index is 10.1. The van der Waals surface area contributed by atoms with Gasteiger partial charge in [-0.3, -0.25) is 0 Å². The molecule has 3 unspecified atom stereocenters. The van der Waals surface area contributed by atoms with Crippen molar-refractivity contribution in [2.24, 2.45) is 46.3 Å². The highest BCUT2D eigenvalue weighted by Crippen LogP contribution is 2.67. The van der Waals surface area contributed by atoms with E-state index in [9.17, 15) is 15.3 Å². The van der Waals surface area contributed by atoms with E-state index < -0.39 is 23.7 Å². The summed E-state index contributed by atoms with van der Waals surface area (Å²) in [5.41, 5.74) is 2.25. The lowest BCUT2D eigenvalue weighted by Gasteiger charge is -2.58. The second-order valence-corrected chi connectivity index (χ2v) is 17.8. The molecule has 3 N–H and O–H groups in total. The Morgan fingerprint density at radius 2 is 1.70 bits per heavy atom. The third-order valence-corrected chi connectivity index (χ3v) is 14.7. The largest absolute Gasteiger partial charge is 0.388 e. The fourth-order valence-electron chi connectivity index (χ4n) is 10.7. The zero-order valence-electron chi connectivity index (χ0n) is 28.7. The van der Waals surface area contributed by atoms with Gasteiger partial charge in [0.15, 0.2) is 0 Å². The first-order chi connectivity index (χ1) is 21.0. The van der Waals surface area contributed by atoms with Gasteiger partial charge in [-0.25, -0.2) is 0 Å². The highest BCUT2D eigenvalue weighted by atomic mass is 32.2. The summed E-state index contributed by atoms with van der Waals surface area (Å²) in [6.07, 6.45) is 19.5. The molecule has 0 aromatic heterocycles. The van der Waals surface area contributed by atoms with Crippen LogP contribution in [0.25, 0.3) is 0 Å². The molecular weight excluding hydrogens is 568 g/mol. The van der Waals surface area contributed by atoms with Gasteiger partial charge in [0.05, 0.1) is 12.7 Å². The summed E-state index contributed by atoms with van der Waals surface area (Å²) < 4.78 is 12.0. The van der Waals surface area contributed by atoms with Crippen molar-refractivity contribution in [1.29, 1.82) is 0 Å². The molecule has 0 radical (unpaired) electrons. The van der Waals surface area contributed by atoms with E-state index in [2.05, 4.69) is 40.7 Å². The number of ether oxygens (including phenoxy) is 2. The number of aliphatic hydroxyl groups excluding tert-OH is 3. The fourth-order valence-corrected chi connectivity index (χ4v) is 11.9. The van der Waals surface area contributed by atoms with Crippen LogP contribution < -0.4 is 0 Å². The SMILES string of the molecule is CC(C)CCC[C@@H](C)[C@H]1CCC2C3CC=C4C[C@@H](OCCCCCCS[C@@H]5OC[C@@H](O)[C@H](O)[C@H]5O)CC[C@]4(C)C3CC[C@@]21C. The molecule has 4 fully saturated rings. The monoisotopic (exact) mass is 634 g/mol. The Kier molecular flexibility index (Phi) is 12.3. The molecule has 3 saturated carbocycles. The maximum absolute atomic E-state index is 10.1. The Hall–Kier alpha value is -0.110. The van der Waals surface area contributed by atoms with E-state index in [1.54, 1.807) is 17.3 Å². The average molecular weight is 635 g/mol. The van der Waals surface area contributed by atoms with Gasteiger partial charge in [0.1, 0.15) is 23.7 Å². The summed E-state index contributed by atoms with van der Waals surface area (Å²) >= 11 is 1.54. The molecule has 1 aliphatic heterocycles. The van der Waals surface area contributed by atoms with Crippen LogP contribution in [0.4, 0.5) is 0 Å². The first-order valence-electron chi connectivity index (χ1n) is 18.6. The molecule has 0 spiro atoms.